The average molecular weight is 359 g/mol. The number of nitrogens with two attached hydrogens (primary N) is 1. The molecule has 0 radical (unpaired) electrons. The number of sulfonamides is 1. The molecule has 3 N–H and O–H groups in total. The van der Waals surface area contributed by atoms with Crippen LogP contribution in [0.25, 0.3) is 17.2 Å². The van der Waals surface area contributed by atoms with Crippen LogP contribution in [0, 0.1) is 20.8 Å². The van der Waals surface area contributed by atoms with Crippen LogP contribution in [-0.2, 0) is 10.0 Å². The van der Waals surface area contributed by atoms with Gasteiger partial charge >= 0.3 is 0 Å². The van der Waals surface area contributed by atoms with Crippen molar-refractivity contribution in [2.45, 2.75) is 25.7 Å². The second-order valence-electron chi connectivity index (χ2n) is 5.72. The molecule has 3 aromatic rings. The van der Waals surface area contributed by atoms with Crippen LogP contribution in [0.2, 0.25) is 0 Å². The van der Waals surface area contributed by atoms with Crippen LogP contribution in [0.4, 0.5) is 0 Å². The monoisotopic (exact) mass is 359 g/mol. The van der Waals surface area contributed by atoms with Crippen molar-refractivity contribution in [1.82, 2.24) is 19.7 Å². The van der Waals surface area contributed by atoms with E-state index in [1.165, 1.54) is 10.7 Å². The van der Waals surface area contributed by atoms with Gasteiger partial charge in [-0.2, -0.15) is 9.78 Å². The number of aryl methyl sites for hydroxylation is 2. The summed E-state index contributed by atoms with van der Waals surface area (Å²) in [6, 6.07) is 8.05. The fourth-order valence-electron chi connectivity index (χ4n) is 2.51. The van der Waals surface area contributed by atoms with E-state index in [0.717, 1.165) is 0 Å². The number of nitrogens with one attached hydrogen (secondary N) is 1. The molecule has 0 aliphatic rings. The molecular formula is C16H17N5O3S. The first-order valence-electron chi connectivity index (χ1n) is 7.45. The van der Waals surface area contributed by atoms with Gasteiger partial charge in [-0.3, -0.25) is 9.78 Å². The molecule has 130 valence electrons. The molecule has 1 aromatic carbocycles. The fourth-order valence-corrected chi connectivity index (χ4v) is 3.26. The Kier molecular flexibility index (Phi) is 4.05. The van der Waals surface area contributed by atoms with E-state index in [0.29, 0.717) is 28.2 Å². The van der Waals surface area contributed by atoms with E-state index in [-0.39, 0.29) is 16.4 Å². The summed E-state index contributed by atoms with van der Waals surface area (Å²) in [6.07, 6.45) is 0. The Morgan fingerprint density at radius 3 is 2.48 bits per heavy atom. The highest BCUT2D eigenvalue weighted by Gasteiger charge is 2.20. The molecule has 0 atom stereocenters. The predicted octanol–water partition coefficient (Wildman–Crippen LogP) is 1.20. The minimum atomic E-state index is -3.93. The van der Waals surface area contributed by atoms with E-state index in [1.54, 1.807) is 45.0 Å². The summed E-state index contributed by atoms with van der Waals surface area (Å²) in [5, 5.41) is 9.67. The second-order valence-corrected chi connectivity index (χ2v) is 7.25. The smallest absolute Gasteiger partial charge is 0.255 e. The Hall–Kier alpha value is -2.78. The number of H-pyrrole nitrogens is 1. The molecule has 0 saturated heterocycles. The third-order valence-corrected chi connectivity index (χ3v) is 4.85. The minimum absolute atomic E-state index is 0.0256. The molecule has 2 aromatic heterocycles. The second kappa shape index (κ2) is 5.94. The van der Waals surface area contributed by atoms with Crippen LogP contribution < -0.4 is 10.7 Å². The van der Waals surface area contributed by atoms with Crippen molar-refractivity contribution in [1.29, 1.82) is 0 Å². The van der Waals surface area contributed by atoms with Gasteiger partial charge in [-0.1, -0.05) is 18.2 Å². The number of hydrogen-bond acceptors (Lipinski definition) is 5. The summed E-state index contributed by atoms with van der Waals surface area (Å²) < 4.78 is 25.2. The van der Waals surface area contributed by atoms with Crippen molar-refractivity contribution in [3.63, 3.8) is 0 Å². The van der Waals surface area contributed by atoms with E-state index in [1.807, 2.05) is 0 Å². The Morgan fingerprint density at radius 2 is 1.84 bits per heavy atom. The van der Waals surface area contributed by atoms with Gasteiger partial charge in [0.1, 0.15) is 0 Å². The van der Waals surface area contributed by atoms with Crippen LogP contribution in [-0.4, -0.2) is 28.2 Å². The van der Waals surface area contributed by atoms with Crippen LogP contribution >= 0.6 is 0 Å². The number of benzene rings is 1. The quantitative estimate of drug-likeness (QED) is 0.727. The number of hydrogen-bond donors (Lipinski definition) is 2. The Morgan fingerprint density at radius 1 is 1.16 bits per heavy atom. The highest BCUT2D eigenvalue weighted by Crippen LogP contribution is 2.28. The number of primary sulfonamides is 1. The van der Waals surface area contributed by atoms with Crippen molar-refractivity contribution >= 4 is 10.0 Å². The number of aromatic amines is 1. The first-order chi connectivity index (χ1) is 11.7. The molecule has 3 rings (SSSR count). The van der Waals surface area contributed by atoms with Crippen LogP contribution in [0.15, 0.2) is 40.0 Å². The lowest BCUT2D eigenvalue weighted by atomic mass is 10.1. The third-order valence-electron chi connectivity index (χ3n) is 3.88. The van der Waals surface area contributed by atoms with Gasteiger partial charge in [0.2, 0.25) is 16.0 Å². The molecule has 0 aliphatic heterocycles. The predicted molar refractivity (Wildman–Crippen MR) is 93.0 cm³/mol. The van der Waals surface area contributed by atoms with Crippen LogP contribution in [0.3, 0.4) is 0 Å². The highest BCUT2D eigenvalue weighted by molar-refractivity contribution is 7.89. The molecule has 0 amide bonds. The van der Waals surface area contributed by atoms with Crippen LogP contribution in [0.5, 0.6) is 0 Å². The summed E-state index contributed by atoms with van der Waals surface area (Å²) in [5.41, 5.74) is 2.29. The molecule has 2 heterocycles. The number of aromatic nitrogens is 4. The minimum Gasteiger partial charge on any atom is -0.291 e. The topological polar surface area (TPSA) is 124 Å². The Labute approximate surface area is 144 Å². The Bertz CT molecular complexity index is 1130. The van der Waals surface area contributed by atoms with E-state index < -0.39 is 10.0 Å². The molecular weight excluding hydrogens is 342 g/mol. The molecule has 0 saturated carbocycles. The van der Waals surface area contributed by atoms with Gasteiger partial charge in [-0.05, 0) is 32.9 Å². The third kappa shape index (κ3) is 3.11. The Balaban J connectivity index is 2.32. The molecule has 0 unspecified atom stereocenters. The van der Waals surface area contributed by atoms with Crippen molar-refractivity contribution in [2.24, 2.45) is 5.14 Å². The van der Waals surface area contributed by atoms with Crippen molar-refractivity contribution in [2.75, 3.05) is 0 Å². The van der Waals surface area contributed by atoms with Gasteiger partial charge in [0.15, 0.2) is 0 Å². The van der Waals surface area contributed by atoms with Gasteiger partial charge in [0.25, 0.3) is 5.56 Å². The maximum atomic E-state index is 12.1. The highest BCUT2D eigenvalue weighted by atomic mass is 32.2. The summed E-state index contributed by atoms with van der Waals surface area (Å²) in [6.45, 7) is 5.16. The van der Waals surface area contributed by atoms with Crippen molar-refractivity contribution < 1.29 is 8.42 Å². The number of nitrogens with zero attached hydrogens (tertiary/aromatic N) is 3. The lowest BCUT2D eigenvalue weighted by molar-refractivity contribution is 0.598. The molecule has 25 heavy (non-hydrogen) atoms. The van der Waals surface area contributed by atoms with Crippen molar-refractivity contribution in [3.05, 3.63) is 57.6 Å². The fraction of sp³-hybridized carbons (Fsp3) is 0.188. The first-order valence-corrected chi connectivity index (χ1v) is 9.00. The summed E-state index contributed by atoms with van der Waals surface area (Å²) in [4.78, 5) is 19.1. The maximum absolute atomic E-state index is 12.1. The maximum Gasteiger partial charge on any atom is 0.255 e. The van der Waals surface area contributed by atoms with E-state index in [4.69, 9.17) is 5.14 Å². The molecule has 8 nitrogen and oxygen atoms in total. The molecule has 0 aliphatic carbocycles. The van der Waals surface area contributed by atoms with Gasteiger partial charge < -0.3 is 0 Å². The standard InChI is InChI=1S/C16H17N5O3S/c1-9-8-13(12-6-4-5-7-14(12)25(17,23)24)21(20-9)16-18-11(3)10(2)15(22)19-16/h4-8H,1-3H3,(H2,17,23,24)(H,18,19,22). The van der Waals surface area contributed by atoms with Gasteiger partial charge in [0.05, 0.1) is 16.3 Å². The van der Waals surface area contributed by atoms with Gasteiger partial charge in [-0.25, -0.2) is 18.5 Å². The molecule has 0 spiro atoms. The van der Waals surface area contributed by atoms with E-state index >= 15 is 0 Å². The lowest BCUT2D eigenvalue weighted by Crippen LogP contribution is -2.19. The number of rotatable bonds is 3. The zero-order valence-corrected chi connectivity index (χ0v) is 14.8. The zero-order valence-electron chi connectivity index (χ0n) is 13.9. The summed E-state index contributed by atoms with van der Waals surface area (Å²) in [5.74, 6) is 0.209. The molecule has 0 fully saturated rings. The summed E-state index contributed by atoms with van der Waals surface area (Å²) in [7, 11) is -3.93. The average Bonchev–Trinajstić information content (AvgIpc) is 2.93. The first kappa shape index (κ1) is 17.1. The van der Waals surface area contributed by atoms with Gasteiger partial charge in [-0.15, -0.1) is 0 Å². The zero-order chi connectivity index (χ0) is 18.4. The SMILES string of the molecule is Cc1cc(-c2ccccc2S(N)(=O)=O)n(-c2nc(C)c(C)c(=O)[nH]2)n1. The van der Waals surface area contributed by atoms with Gasteiger partial charge in [0, 0.05) is 16.8 Å². The molecule has 0 bridgehead atoms. The normalized spacial score (nSPS) is 11.7. The lowest BCUT2D eigenvalue weighted by Gasteiger charge is -2.11. The largest absolute Gasteiger partial charge is 0.291 e. The van der Waals surface area contributed by atoms with Crippen LogP contribution in [0.1, 0.15) is 17.0 Å². The van der Waals surface area contributed by atoms with Crippen molar-refractivity contribution in [3.8, 4) is 17.2 Å². The molecule has 9 heteroatoms. The summed E-state index contributed by atoms with van der Waals surface area (Å²) >= 11 is 0. The van der Waals surface area contributed by atoms with E-state index in [9.17, 15) is 13.2 Å². The van der Waals surface area contributed by atoms with E-state index in [2.05, 4.69) is 15.1 Å².